The van der Waals surface area contributed by atoms with Crippen molar-refractivity contribution in [3.8, 4) is 0 Å². The summed E-state index contributed by atoms with van der Waals surface area (Å²) in [4.78, 5) is 0. The molecule has 3 rings (SSSR count). The fourth-order valence-electron chi connectivity index (χ4n) is 2.96. The van der Waals surface area contributed by atoms with Gasteiger partial charge in [0, 0.05) is 19.2 Å². The highest BCUT2D eigenvalue weighted by atomic mass is 16.5. The van der Waals surface area contributed by atoms with Crippen LogP contribution in [0.2, 0.25) is 0 Å². The van der Waals surface area contributed by atoms with Gasteiger partial charge in [0.15, 0.2) is 0 Å². The third kappa shape index (κ3) is 2.45. The van der Waals surface area contributed by atoms with Crippen molar-refractivity contribution >= 4 is 0 Å². The van der Waals surface area contributed by atoms with E-state index in [0.717, 1.165) is 19.1 Å². The maximum absolute atomic E-state index is 5.87. The number of benzene rings is 1. The molecule has 1 heterocycles. The molecule has 1 saturated carbocycles. The molecule has 1 aromatic carbocycles. The van der Waals surface area contributed by atoms with Crippen LogP contribution >= 0.6 is 0 Å². The van der Waals surface area contributed by atoms with Gasteiger partial charge in [-0.1, -0.05) is 18.2 Å². The van der Waals surface area contributed by atoms with Gasteiger partial charge in [-0.3, -0.25) is 0 Å². The molecule has 1 aliphatic heterocycles. The zero-order valence-corrected chi connectivity index (χ0v) is 11.4. The first-order valence-electron chi connectivity index (χ1n) is 7.16. The molecule has 0 bridgehead atoms. The average molecular weight is 245 g/mol. The van der Waals surface area contributed by atoms with Crippen LogP contribution in [0, 0.1) is 19.8 Å². The van der Waals surface area contributed by atoms with E-state index in [1.807, 2.05) is 0 Å². The standard InChI is InChI=1S/C16H23NO/c1-11-4-3-5-14(12(11)2)10-17-15-8-9-18-16(15)13-6-7-13/h3-5,13,15-17H,6-10H2,1-2H3. The Morgan fingerprint density at radius 2 is 2.06 bits per heavy atom. The Bertz CT molecular complexity index is 425. The number of aryl methyl sites for hydroxylation is 1. The Hall–Kier alpha value is -0.860. The summed E-state index contributed by atoms with van der Waals surface area (Å²) in [7, 11) is 0. The van der Waals surface area contributed by atoms with Crippen LogP contribution in [0.15, 0.2) is 18.2 Å². The van der Waals surface area contributed by atoms with Crippen LogP contribution in [0.5, 0.6) is 0 Å². The molecule has 98 valence electrons. The van der Waals surface area contributed by atoms with E-state index in [4.69, 9.17) is 4.74 Å². The van der Waals surface area contributed by atoms with Crippen LogP contribution in [-0.4, -0.2) is 18.8 Å². The van der Waals surface area contributed by atoms with Gasteiger partial charge in [0.2, 0.25) is 0 Å². The molecule has 2 nitrogen and oxygen atoms in total. The molecular weight excluding hydrogens is 222 g/mol. The smallest absolute Gasteiger partial charge is 0.0757 e. The first-order valence-corrected chi connectivity index (χ1v) is 7.16. The molecule has 1 aliphatic carbocycles. The third-order valence-corrected chi connectivity index (χ3v) is 4.49. The lowest BCUT2D eigenvalue weighted by molar-refractivity contribution is 0.0809. The van der Waals surface area contributed by atoms with Crippen molar-refractivity contribution < 1.29 is 4.74 Å². The normalized spacial score (nSPS) is 27.7. The maximum atomic E-state index is 5.87. The largest absolute Gasteiger partial charge is 0.376 e. The van der Waals surface area contributed by atoms with Crippen molar-refractivity contribution in [2.45, 2.75) is 51.8 Å². The molecule has 2 heteroatoms. The topological polar surface area (TPSA) is 21.3 Å². The highest BCUT2D eigenvalue weighted by Gasteiger charge is 2.40. The van der Waals surface area contributed by atoms with Gasteiger partial charge in [0.25, 0.3) is 0 Å². The van der Waals surface area contributed by atoms with Gasteiger partial charge < -0.3 is 10.1 Å². The number of hydrogen-bond acceptors (Lipinski definition) is 2. The quantitative estimate of drug-likeness (QED) is 0.880. The molecule has 2 atom stereocenters. The van der Waals surface area contributed by atoms with Crippen LogP contribution in [0.25, 0.3) is 0 Å². The summed E-state index contributed by atoms with van der Waals surface area (Å²) in [5, 5.41) is 3.71. The van der Waals surface area contributed by atoms with Crippen LogP contribution < -0.4 is 5.32 Å². The number of rotatable bonds is 4. The average Bonchev–Trinajstić information content (AvgIpc) is 3.11. The summed E-state index contributed by atoms with van der Waals surface area (Å²) < 4.78 is 5.87. The summed E-state index contributed by atoms with van der Waals surface area (Å²) in [5.41, 5.74) is 4.24. The summed E-state index contributed by atoms with van der Waals surface area (Å²) in [5.74, 6) is 0.837. The van der Waals surface area contributed by atoms with Gasteiger partial charge >= 0.3 is 0 Å². The van der Waals surface area contributed by atoms with Gasteiger partial charge in [-0.15, -0.1) is 0 Å². The van der Waals surface area contributed by atoms with Gasteiger partial charge in [0.05, 0.1) is 6.10 Å². The van der Waals surface area contributed by atoms with E-state index in [0.29, 0.717) is 12.1 Å². The third-order valence-electron chi connectivity index (χ3n) is 4.49. The first-order chi connectivity index (χ1) is 8.75. The minimum atomic E-state index is 0.482. The first kappa shape index (κ1) is 12.2. The Kier molecular flexibility index (Phi) is 3.40. The Morgan fingerprint density at radius 1 is 1.22 bits per heavy atom. The molecule has 2 unspecified atom stereocenters. The maximum Gasteiger partial charge on any atom is 0.0757 e. The molecule has 18 heavy (non-hydrogen) atoms. The summed E-state index contributed by atoms with van der Waals surface area (Å²) >= 11 is 0. The highest BCUT2D eigenvalue weighted by molar-refractivity contribution is 5.33. The van der Waals surface area contributed by atoms with Crippen molar-refractivity contribution in [3.63, 3.8) is 0 Å². The fraction of sp³-hybridized carbons (Fsp3) is 0.625. The lowest BCUT2D eigenvalue weighted by atomic mass is 10.0. The summed E-state index contributed by atoms with van der Waals surface area (Å²) in [6.07, 6.45) is 4.39. The van der Waals surface area contributed by atoms with Crippen LogP contribution in [0.1, 0.15) is 36.0 Å². The zero-order valence-electron chi connectivity index (χ0n) is 11.4. The van der Waals surface area contributed by atoms with Crippen molar-refractivity contribution in [2.75, 3.05) is 6.61 Å². The van der Waals surface area contributed by atoms with Crippen molar-refractivity contribution in [1.29, 1.82) is 0 Å². The summed E-state index contributed by atoms with van der Waals surface area (Å²) in [6, 6.07) is 7.14. The monoisotopic (exact) mass is 245 g/mol. The fourth-order valence-corrected chi connectivity index (χ4v) is 2.96. The lowest BCUT2D eigenvalue weighted by Gasteiger charge is -2.20. The lowest BCUT2D eigenvalue weighted by Crippen LogP contribution is -2.37. The zero-order chi connectivity index (χ0) is 12.5. The number of ether oxygens (including phenoxy) is 1. The van der Waals surface area contributed by atoms with E-state index in [1.165, 1.54) is 36.0 Å². The minimum Gasteiger partial charge on any atom is -0.376 e. The second kappa shape index (κ2) is 5.02. The number of nitrogens with one attached hydrogen (secondary N) is 1. The minimum absolute atomic E-state index is 0.482. The summed E-state index contributed by atoms with van der Waals surface area (Å²) in [6.45, 7) is 6.32. The Labute approximate surface area is 110 Å². The van der Waals surface area contributed by atoms with E-state index < -0.39 is 0 Å². The van der Waals surface area contributed by atoms with Gasteiger partial charge in [-0.05, 0) is 55.7 Å². The van der Waals surface area contributed by atoms with E-state index in [1.54, 1.807) is 0 Å². The van der Waals surface area contributed by atoms with E-state index >= 15 is 0 Å². The van der Waals surface area contributed by atoms with Gasteiger partial charge in [0.1, 0.15) is 0 Å². The molecule has 0 spiro atoms. The van der Waals surface area contributed by atoms with Crippen molar-refractivity contribution in [3.05, 3.63) is 34.9 Å². The number of hydrogen-bond donors (Lipinski definition) is 1. The second-order valence-corrected chi connectivity index (χ2v) is 5.81. The van der Waals surface area contributed by atoms with Crippen molar-refractivity contribution in [1.82, 2.24) is 5.32 Å². The predicted molar refractivity (Wildman–Crippen MR) is 73.6 cm³/mol. The molecule has 1 aromatic rings. The van der Waals surface area contributed by atoms with E-state index in [9.17, 15) is 0 Å². The molecule has 0 aromatic heterocycles. The van der Waals surface area contributed by atoms with E-state index in [-0.39, 0.29) is 0 Å². The predicted octanol–water partition coefficient (Wildman–Crippen LogP) is 2.96. The van der Waals surface area contributed by atoms with Crippen LogP contribution in [0.3, 0.4) is 0 Å². The molecule has 1 saturated heterocycles. The molecular formula is C16H23NO. The molecule has 2 aliphatic rings. The van der Waals surface area contributed by atoms with Gasteiger partial charge in [-0.2, -0.15) is 0 Å². The molecule has 2 fully saturated rings. The Balaban J connectivity index is 1.61. The molecule has 0 amide bonds. The molecule has 0 radical (unpaired) electrons. The van der Waals surface area contributed by atoms with Crippen molar-refractivity contribution in [2.24, 2.45) is 5.92 Å². The second-order valence-electron chi connectivity index (χ2n) is 5.81. The van der Waals surface area contributed by atoms with Crippen LogP contribution in [-0.2, 0) is 11.3 Å². The SMILES string of the molecule is Cc1cccc(CNC2CCOC2C2CC2)c1C. The Morgan fingerprint density at radius 3 is 2.83 bits per heavy atom. The van der Waals surface area contributed by atoms with E-state index in [2.05, 4.69) is 37.4 Å². The highest BCUT2D eigenvalue weighted by Crippen LogP contribution is 2.38. The van der Waals surface area contributed by atoms with Crippen LogP contribution in [0.4, 0.5) is 0 Å². The van der Waals surface area contributed by atoms with Gasteiger partial charge in [-0.25, -0.2) is 0 Å². The molecule has 1 N–H and O–H groups in total.